The van der Waals surface area contributed by atoms with E-state index in [9.17, 15) is 19.2 Å². The molecule has 1 aliphatic heterocycles. The first-order valence-electron chi connectivity index (χ1n) is 8.97. The minimum atomic E-state index is -1.04. The van der Waals surface area contributed by atoms with E-state index in [1.807, 2.05) is 0 Å². The van der Waals surface area contributed by atoms with Gasteiger partial charge in [0.2, 0.25) is 0 Å². The smallest absolute Gasteiger partial charge is 0.422 e. The molecule has 0 aromatic heterocycles. The minimum Gasteiger partial charge on any atom is -0.462 e. The van der Waals surface area contributed by atoms with Crippen LogP contribution in [0.5, 0.6) is 0 Å². The molecule has 1 aromatic rings. The summed E-state index contributed by atoms with van der Waals surface area (Å²) in [6.45, 7) is 8.00. The summed E-state index contributed by atoms with van der Waals surface area (Å²) in [5.74, 6) is -2.98. The van der Waals surface area contributed by atoms with Crippen molar-refractivity contribution in [2.24, 2.45) is 0 Å². The molecule has 0 atom stereocenters. The lowest BCUT2D eigenvalue weighted by molar-refractivity contribution is -0.146. The van der Waals surface area contributed by atoms with Crippen molar-refractivity contribution in [3.8, 4) is 0 Å². The fraction of sp³-hybridized carbons (Fsp3) is 0.400. The quantitative estimate of drug-likeness (QED) is 0.240. The summed E-state index contributed by atoms with van der Waals surface area (Å²) in [5, 5.41) is 0.243. The summed E-state index contributed by atoms with van der Waals surface area (Å²) in [6, 6.07) is 4.29. The van der Waals surface area contributed by atoms with Crippen LogP contribution in [0, 0.1) is 0 Å². The van der Waals surface area contributed by atoms with Crippen LogP contribution in [0.3, 0.4) is 0 Å². The van der Waals surface area contributed by atoms with Crippen molar-refractivity contribution in [1.29, 1.82) is 0 Å². The molecule has 0 aliphatic carbocycles. The first kappa shape index (κ1) is 22.4. The maximum absolute atomic E-state index is 13.2. The van der Waals surface area contributed by atoms with Gasteiger partial charge in [-0.1, -0.05) is 11.6 Å². The van der Waals surface area contributed by atoms with Crippen LogP contribution in [-0.2, 0) is 28.6 Å². The molecule has 2 amide bonds. The number of esters is 2. The summed E-state index contributed by atoms with van der Waals surface area (Å²) < 4.78 is 15.2. The van der Waals surface area contributed by atoms with Gasteiger partial charge in [0.1, 0.15) is 5.60 Å². The number of nitrogens with zero attached hydrogens (tertiary/aromatic N) is 1. The zero-order valence-electron chi connectivity index (χ0n) is 16.8. The van der Waals surface area contributed by atoms with Crippen molar-refractivity contribution >= 4 is 46.8 Å². The second-order valence-electron chi connectivity index (χ2n) is 6.97. The molecule has 9 heteroatoms. The molecule has 1 aliphatic rings. The average molecular weight is 424 g/mol. The van der Waals surface area contributed by atoms with Crippen molar-refractivity contribution in [3.05, 3.63) is 34.4 Å². The van der Waals surface area contributed by atoms with E-state index in [0.717, 1.165) is 4.90 Å². The van der Waals surface area contributed by atoms with Gasteiger partial charge < -0.3 is 14.2 Å². The highest BCUT2D eigenvalue weighted by Crippen LogP contribution is 2.41. The highest BCUT2D eigenvalue weighted by molar-refractivity contribution is 6.45. The van der Waals surface area contributed by atoms with E-state index >= 15 is 0 Å². The molecule has 1 aromatic carbocycles. The maximum Gasteiger partial charge on any atom is 0.422 e. The zero-order valence-corrected chi connectivity index (χ0v) is 17.6. The first-order chi connectivity index (χ1) is 13.5. The van der Waals surface area contributed by atoms with Crippen LogP contribution < -0.4 is 4.90 Å². The van der Waals surface area contributed by atoms with Crippen LogP contribution in [0.4, 0.5) is 10.5 Å². The van der Waals surface area contributed by atoms with Gasteiger partial charge in [0, 0.05) is 10.6 Å². The molecule has 0 spiro atoms. The number of fused-ring (bicyclic) bond motifs is 1. The van der Waals surface area contributed by atoms with Gasteiger partial charge in [0.25, 0.3) is 5.91 Å². The van der Waals surface area contributed by atoms with E-state index in [1.54, 1.807) is 34.6 Å². The van der Waals surface area contributed by atoms with Gasteiger partial charge >= 0.3 is 18.0 Å². The third kappa shape index (κ3) is 4.76. The highest BCUT2D eigenvalue weighted by Gasteiger charge is 2.44. The Morgan fingerprint density at radius 3 is 2.07 bits per heavy atom. The number of carbonyl (C=O) groups is 4. The van der Waals surface area contributed by atoms with Gasteiger partial charge in [-0.15, -0.1) is 0 Å². The number of rotatable bonds is 4. The van der Waals surface area contributed by atoms with Crippen molar-refractivity contribution in [3.63, 3.8) is 0 Å². The second kappa shape index (κ2) is 8.65. The lowest BCUT2D eigenvalue weighted by Crippen LogP contribution is -2.39. The van der Waals surface area contributed by atoms with Crippen molar-refractivity contribution < 1.29 is 33.4 Å². The zero-order chi connectivity index (χ0) is 21.9. The largest absolute Gasteiger partial charge is 0.462 e. The molecule has 0 unspecified atom stereocenters. The Bertz CT molecular complexity index is 879. The number of halogens is 1. The van der Waals surface area contributed by atoms with Crippen molar-refractivity contribution in [2.45, 2.75) is 40.2 Å². The lowest BCUT2D eigenvalue weighted by Gasteiger charge is -2.23. The van der Waals surface area contributed by atoms with E-state index < -0.39 is 35.1 Å². The number of amides is 2. The monoisotopic (exact) mass is 423 g/mol. The molecule has 1 heterocycles. The Balaban J connectivity index is 2.73. The molecule has 0 fully saturated rings. The molecule has 29 heavy (non-hydrogen) atoms. The third-order valence-electron chi connectivity index (χ3n) is 3.67. The van der Waals surface area contributed by atoms with Crippen LogP contribution in [0.2, 0.25) is 5.02 Å². The maximum atomic E-state index is 13.2. The highest BCUT2D eigenvalue weighted by atomic mass is 35.5. The molecular weight excluding hydrogens is 402 g/mol. The Morgan fingerprint density at radius 2 is 1.59 bits per heavy atom. The van der Waals surface area contributed by atoms with Gasteiger partial charge in [0.15, 0.2) is 5.57 Å². The van der Waals surface area contributed by atoms with E-state index in [-0.39, 0.29) is 35.1 Å². The number of carbonyl (C=O) groups excluding carboxylic acids is 4. The van der Waals surface area contributed by atoms with Crippen molar-refractivity contribution in [2.75, 3.05) is 18.1 Å². The number of ether oxygens (including phenoxy) is 3. The SMILES string of the molecule is CCOC(=O)C(C(=O)OCC)=C1C(=O)N(C(=O)OC(C)(C)C)c2ccc(Cl)cc21. The number of hydrogen-bond donors (Lipinski definition) is 0. The molecule has 0 saturated heterocycles. The Kier molecular flexibility index (Phi) is 6.69. The average Bonchev–Trinajstić information content (AvgIpc) is 2.86. The predicted molar refractivity (Wildman–Crippen MR) is 105 cm³/mol. The third-order valence-corrected chi connectivity index (χ3v) is 3.91. The van der Waals surface area contributed by atoms with Crippen LogP contribution in [0.15, 0.2) is 23.8 Å². The van der Waals surface area contributed by atoms with E-state index in [0.29, 0.717) is 0 Å². The number of anilines is 1. The van der Waals surface area contributed by atoms with Crippen LogP contribution in [0.1, 0.15) is 40.2 Å². The molecule has 0 bridgehead atoms. The number of imide groups is 1. The summed E-state index contributed by atoms with van der Waals surface area (Å²) in [6.07, 6.45) is -0.951. The van der Waals surface area contributed by atoms with Gasteiger partial charge in [-0.3, -0.25) is 4.79 Å². The van der Waals surface area contributed by atoms with Crippen LogP contribution in [0.25, 0.3) is 5.57 Å². The summed E-state index contributed by atoms with van der Waals surface area (Å²) in [7, 11) is 0. The van der Waals surface area contributed by atoms with E-state index in [4.69, 9.17) is 25.8 Å². The first-order valence-corrected chi connectivity index (χ1v) is 9.35. The predicted octanol–water partition coefficient (Wildman–Crippen LogP) is 3.50. The minimum absolute atomic E-state index is 0.0264. The van der Waals surface area contributed by atoms with E-state index in [1.165, 1.54) is 18.2 Å². The van der Waals surface area contributed by atoms with Crippen LogP contribution >= 0.6 is 11.6 Å². The summed E-state index contributed by atoms with van der Waals surface area (Å²) in [5.41, 5.74) is -1.54. The number of hydrogen-bond acceptors (Lipinski definition) is 7. The lowest BCUT2D eigenvalue weighted by atomic mass is 10.0. The number of benzene rings is 1. The molecular formula is C20H22ClNO7. The normalized spacial score (nSPS) is 13.1. The standard InChI is InChI=1S/C20H22ClNO7/c1-6-27-17(24)15(18(25)28-7-2)14-12-10-11(21)8-9-13(12)22(16(14)23)19(26)29-20(3,4)5/h8-10H,6-7H2,1-5H3. The topological polar surface area (TPSA) is 99.2 Å². The van der Waals surface area contributed by atoms with E-state index in [2.05, 4.69) is 0 Å². The van der Waals surface area contributed by atoms with Gasteiger partial charge in [0.05, 0.1) is 24.5 Å². The Morgan fingerprint density at radius 1 is 1.03 bits per heavy atom. The summed E-state index contributed by atoms with van der Waals surface area (Å²) >= 11 is 6.06. The Hall–Kier alpha value is -2.87. The Labute approximate surface area is 173 Å². The van der Waals surface area contributed by atoms with Gasteiger partial charge in [-0.05, 0) is 52.8 Å². The molecule has 8 nitrogen and oxygen atoms in total. The molecule has 0 radical (unpaired) electrons. The molecule has 156 valence electrons. The fourth-order valence-corrected chi connectivity index (χ4v) is 2.84. The molecule has 2 rings (SSSR count). The molecule has 0 N–H and O–H groups in total. The van der Waals surface area contributed by atoms with Crippen LogP contribution in [-0.4, -0.2) is 42.8 Å². The van der Waals surface area contributed by atoms with Gasteiger partial charge in [-0.2, -0.15) is 0 Å². The second-order valence-corrected chi connectivity index (χ2v) is 7.41. The summed E-state index contributed by atoms with van der Waals surface area (Å²) in [4.78, 5) is 51.6. The fourth-order valence-electron chi connectivity index (χ4n) is 2.66. The van der Waals surface area contributed by atoms with Gasteiger partial charge in [-0.25, -0.2) is 19.3 Å². The van der Waals surface area contributed by atoms with Crippen molar-refractivity contribution in [1.82, 2.24) is 0 Å². The molecule has 0 saturated carbocycles.